The highest BCUT2D eigenvalue weighted by molar-refractivity contribution is 5.60. The summed E-state index contributed by atoms with van der Waals surface area (Å²) in [5.74, 6) is 0.543. The number of rotatable bonds is 6. The Balaban J connectivity index is 2.20. The van der Waals surface area contributed by atoms with E-state index in [1.807, 2.05) is 6.92 Å². The summed E-state index contributed by atoms with van der Waals surface area (Å²) < 4.78 is 1.60. The molecule has 1 heterocycles. The van der Waals surface area contributed by atoms with E-state index in [0.29, 0.717) is 17.9 Å². The van der Waals surface area contributed by atoms with Crippen LogP contribution in [0.3, 0.4) is 0 Å². The van der Waals surface area contributed by atoms with Gasteiger partial charge in [0.15, 0.2) is 0 Å². The zero-order chi connectivity index (χ0) is 14.0. The molecule has 0 atom stereocenters. The summed E-state index contributed by atoms with van der Waals surface area (Å²) in [4.78, 5) is 10.9. The van der Waals surface area contributed by atoms with Crippen LogP contribution in [0.2, 0.25) is 0 Å². The summed E-state index contributed by atoms with van der Waals surface area (Å²) in [5.41, 5.74) is 1.01. The Morgan fingerprint density at radius 2 is 2.21 bits per heavy atom. The molecule has 0 unspecified atom stereocenters. The first-order valence-electron chi connectivity index (χ1n) is 6.91. The van der Waals surface area contributed by atoms with Gasteiger partial charge in [-0.25, -0.2) is 4.68 Å². The molecule has 0 amide bonds. The molecule has 1 aromatic heterocycles. The third-order valence-electron chi connectivity index (χ3n) is 4.00. The lowest BCUT2D eigenvalue weighted by Gasteiger charge is -2.38. The lowest BCUT2D eigenvalue weighted by atomic mass is 9.70. The number of nitro groups is 1. The van der Waals surface area contributed by atoms with Crippen molar-refractivity contribution in [3.05, 3.63) is 15.8 Å². The highest BCUT2D eigenvalue weighted by Gasteiger charge is 2.33. The molecule has 1 N–H and O–H groups in total. The first kappa shape index (κ1) is 13.8. The van der Waals surface area contributed by atoms with Gasteiger partial charge in [0.25, 0.3) is 0 Å². The number of nitrogens with zero attached hydrogens (tertiary/aromatic N) is 3. The molecule has 2 rings (SSSR count). The Labute approximate surface area is 113 Å². The van der Waals surface area contributed by atoms with Crippen molar-refractivity contribution < 1.29 is 4.92 Å². The SMILES string of the molecule is CCCc1nn(C)c(NCC2(C)CCC2)c1[N+](=O)[O-]. The summed E-state index contributed by atoms with van der Waals surface area (Å²) in [6.07, 6.45) is 5.13. The van der Waals surface area contributed by atoms with E-state index in [2.05, 4.69) is 17.3 Å². The third kappa shape index (κ3) is 2.72. The zero-order valence-electron chi connectivity index (χ0n) is 11.9. The summed E-state index contributed by atoms with van der Waals surface area (Å²) in [5, 5.41) is 18.8. The van der Waals surface area contributed by atoms with Gasteiger partial charge in [0, 0.05) is 13.6 Å². The molecule has 0 spiro atoms. The Morgan fingerprint density at radius 1 is 1.53 bits per heavy atom. The van der Waals surface area contributed by atoms with Crippen LogP contribution in [-0.4, -0.2) is 21.2 Å². The summed E-state index contributed by atoms with van der Waals surface area (Å²) in [6, 6.07) is 0. The van der Waals surface area contributed by atoms with E-state index in [0.717, 1.165) is 13.0 Å². The second kappa shape index (κ2) is 5.19. The van der Waals surface area contributed by atoms with Gasteiger partial charge >= 0.3 is 5.69 Å². The van der Waals surface area contributed by atoms with E-state index in [1.165, 1.54) is 19.3 Å². The van der Waals surface area contributed by atoms with Crippen molar-refractivity contribution in [1.82, 2.24) is 9.78 Å². The average Bonchev–Trinajstić information content (AvgIpc) is 2.61. The topological polar surface area (TPSA) is 73.0 Å². The lowest BCUT2D eigenvalue weighted by Crippen LogP contribution is -2.33. The molecule has 6 heteroatoms. The van der Waals surface area contributed by atoms with Crippen molar-refractivity contribution in [2.75, 3.05) is 11.9 Å². The second-order valence-electron chi connectivity index (χ2n) is 5.79. The molecule has 1 saturated carbocycles. The molecule has 1 fully saturated rings. The second-order valence-corrected chi connectivity index (χ2v) is 5.79. The quantitative estimate of drug-likeness (QED) is 0.634. The maximum atomic E-state index is 11.3. The van der Waals surface area contributed by atoms with Gasteiger partial charge < -0.3 is 5.32 Å². The molecule has 0 radical (unpaired) electrons. The summed E-state index contributed by atoms with van der Waals surface area (Å²) in [6.45, 7) is 5.00. The van der Waals surface area contributed by atoms with E-state index in [-0.39, 0.29) is 16.0 Å². The number of aromatic nitrogens is 2. The highest BCUT2D eigenvalue weighted by atomic mass is 16.6. The van der Waals surface area contributed by atoms with E-state index in [4.69, 9.17) is 0 Å². The monoisotopic (exact) mass is 266 g/mol. The maximum absolute atomic E-state index is 11.3. The maximum Gasteiger partial charge on any atom is 0.333 e. The van der Waals surface area contributed by atoms with Crippen LogP contribution in [0.1, 0.15) is 45.2 Å². The Hall–Kier alpha value is -1.59. The van der Waals surface area contributed by atoms with Crippen molar-refractivity contribution in [3.63, 3.8) is 0 Å². The largest absolute Gasteiger partial charge is 0.364 e. The first-order chi connectivity index (χ1) is 8.97. The van der Waals surface area contributed by atoms with Crippen LogP contribution in [0.25, 0.3) is 0 Å². The number of anilines is 1. The average molecular weight is 266 g/mol. The van der Waals surface area contributed by atoms with Gasteiger partial charge in [0.2, 0.25) is 5.82 Å². The fourth-order valence-electron chi connectivity index (χ4n) is 2.62. The van der Waals surface area contributed by atoms with Gasteiger partial charge in [0.1, 0.15) is 5.69 Å². The zero-order valence-corrected chi connectivity index (χ0v) is 11.9. The predicted octanol–water partition coefficient (Wildman–Crippen LogP) is 2.88. The standard InChI is InChI=1S/C13H22N4O2/c1-4-6-10-11(17(18)19)12(16(3)15-10)14-9-13(2)7-5-8-13/h14H,4-9H2,1-3H3. The molecular weight excluding hydrogens is 244 g/mol. The molecule has 0 saturated heterocycles. The van der Waals surface area contributed by atoms with Crippen LogP contribution in [0.15, 0.2) is 0 Å². The van der Waals surface area contributed by atoms with Crippen molar-refractivity contribution >= 4 is 11.5 Å². The lowest BCUT2D eigenvalue weighted by molar-refractivity contribution is -0.384. The van der Waals surface area contributed by atoms with E-state index in [9.17, 15) is 10.1 Å². The smallest absolute Gasteiger partial charge is 0.333 e. The number of hydrogen-bond acceptors (Lipinski definition) is 4. The molecule has 106 valence electrons. The van der Waals surface area contributed by atoms with E-state index < -0.39 is 0 Å². The molecule has 0 aliphatic heterocycles. The predicted molar refractivity (Wildman–Crippen MR) is 74.3 cm³/mol. The summed E-state index contributed by atoms with van der Waals surface area (Å²) >= 11 is 0. The van der Waals surface area contributed by atoms with E-state index >= 15 is 0 Å². The fraction of sp³-hybridized carbons (Fsp3) is 0.769. The minimum Gasteiger partial charge on any atom is -0.364 e. The summed E-state index contributed by atoms with van der Waals surface area (Å²) in [7, 11) is 1.76. The first-order valence-corrected chi connectivity index (χ1v) is 6.91. The van der Waals surface area contributed by atoms with Gasteiger partial charge in [-0.1, -0.05) is 26.7 Å². The van der Waals surface area contributed by atoms with Crippen LogP contribution in [-0.2, 0) is 13.5 Å². The van der Waals surface area contributed by atoms with Gasteiger partial charge in [-0.2, -0.15) is 5.10 Å². The molecule has 1 aliphatic rings. The van der Waals surface area contributed by atoms with Crippen LogP contribution in [0, 0.1) is 15.5 Å². The van der Waals surface area contributed by atoms with Crippen LogP contribution in [0.4, 0.5) is 11.5 Å². The van der Waals surface area contributed by atoms with Gasteiger partial charge in [0.05, 0.1) is 4.92 Å². The van der Waals surface area contributed by atoms with Crippen LogP contribution in [0.5, 0.6) is 0 Å². The van der Waals surface area contributed by atoms with Gasteiger partial charge in [-0.15, -0.1) is 0 Å². The molecule has 0 bridgehead atoms. The van der Waals surface area contributed by atoms with Crippen molar-refractivity contribution in [1.29, 1.82) is 0 Å². The molecule has 1 aromatic rings. The van der Waals surface area contributed by atoms with Gasteiger partial charge in [-0.05, 0) is 24.7 Å². The highest BCUT2D eigenvalue weighted by Crippen LogP contribution is 2.41. The van der Waals surface area contributed by atoms with Gasteiger partial charge in [-0.3, -0.25) is 10.1 Å². The molecule has 0 aromatic carbocycles. The number of hydrogen-bond donors (Lipinski definition) is 1. The third-order valence-corrected chi connectivity index (χ3v) is 4.00. The number of aryl methyl sites for hydroxylation is 2. The molecule has 1 aliphatic carbocycles. The Bertz CT molecular complexity index is 477. The number of nitrogens with one attached hydrogen (secondary N) is 1. The minimum absolute atomic E-state index is 0.146. The normalized spacial score (nSPS) is 17.0. The van der Waals surface area contributed by atoms with Crippen LogP contribution < -0.4 is 5.32 Å². The van der Waals surface area contributed by atoms with Crippen molar-refractivity contribution in [2.45, 2.75) is 46.0 Å². The van der Waals surface area contributed by atoms with E-state index in [1.54, 1.807) is 11.7 Å². The Kier molecular flexibility index (Phi) is 3.78. The molecule has 19 heavy (non-hydrogen) atoms. The van der Waals surface area contributed by atoms with Crippen molar-refractivity contribution in [2.24, 2.45) is 12.5 Å². The minimum atomic E-state index is -0.316. The Morgan fingerprint density at radius 3 is 2.68 bits per heavy atom. The fourth-order valence-corrected chi connectivity index (χ4v) is 2.62. The van der Waals surface area contributed by atoms with Crippen LogP contribution >= 0.6 is 0 Å². The van der Waals surface area contributed by atoms with Crippen molar-refractivity contribution in [3.8, 4) is 0 Å². The molecular formula is C13H22N4O2. The molecule has 6 nitrogen and oxygen atoms in total.